The molecule has 0 radical (unpaired) electrons. The number of rotatable bonds is 22. The van der Waals surface area contributed by atoms with Crippen LogP contribution in [0.1, 0.15) is 144 Å². The number of fused-ring (bicyclic) bond motifs is 5. The minimum absolute atomic E-state index is 0.0213. The number of nitrogens with zero attached hydrogens (tertiary/aromatic N) is 1. The standard InChI is InChI=1S/C54H77N5O10/c1-34(2)10-8-11-35(3)45-22-23-46-44-21-14-39-32-43(26-28-53(39,6)47(44)27-29-54(45,46)7)67-31-9-30-55-48(60)24-25-49(61)56-36(4)50(62)57-37(5)51(63)58-40-15-12-38(13-16-40)33-68-52(64)69-42-19-17-41(18-20-42)59(65)66/h12-20,34-37,43-47H,8-11,21-33H2,1-7H3,(H,55,60)(H,56,61)(H,57,62)(H,58,63)/t35?,36?,37?,43-,44-,45+,46-,47-,53-,54+/m0/s1. The number of allylic oxidation sites excluding steroid dienone is 1. The summed E-state index contributed by atoms with van der Waals surface area (Å²) in [5.41, 5.74) is 3.28. The van der Waals surface area contributed by atoms with Crippen LogP contribution in [-0.4, -0.2) is 66.0 Å². The van der Waals surface area contributed by atoms with Crippen molar-refractivity contribution >= 4 is 41.2 Å². The molecule has 0 bridgehead atoms. The van der Waals surface area contributed by atoms with Crippen molar-refractivity contribution in [2.45, 2.75) is 163 Å². The number of carbonyl (C=O) groups is 5. The number of nitro groups is 1. The van der Waals surface area contributed by atoms with Crippen LogP contribution in [0.25, 0.3) is 0 Å². The quantitative estimate of drug-likeness (QED) is 0.0220. The number of non-ortho nitro benzene ring substituents is 1. The van der Waals surface area contributed by atoms with E-state index in [0.29, 0.717) is 36.2 Å². The summed E-state index contributed by atoms with van der Waals surface area (Å²) in [6.07, 6.45) is 16.6. The topological polar surface area (TPSA) is 204 Å². The Morgan fingerprint density at radius 2 is 1.51 bits per heavy atom. The van der Waals surface area contributed by atoms with Gasteiger partial charge in [0.1, 0.15) is 24.4 Å². The fourth-order valence-corrected chi connectivity index (χ4v) is 12.3. The SMILES string of the molecule is CC(C)CCCC(C)[C@H]1CC[C@H]2[C@@H]3CC=C4C[C@@H](OCCCNC(=O)CCC(=O)NC(C)C(=O)NC(C)C(=O)Nc5ccc(COC(=O)Oc6ccc([N+](=O)[O-])cc6)cc5)CC[C@]4(C)[C@H]3CC[C@]12C. The highest BCUT2D eigenvalue weighted by Crippen LogP contribution is 2.67. The van der Waals surface area contributed by atoms with Crippen molar-refractivity contribution in [3.8, 4) is 5.75 Å². The molecule has 15 heteroatoms. The average molecular weight is 956 g/mol. The van der Waals surface area contributed by atoms with E-state index in [2.05, 4.69) is 62.0 Å². The van der Waals surface area contributed by atoms with Gasteiger partial charge in [-0.15, -0.1) is 0 Å². The third kappa shape index (κ3) is 13.9. The molecular weight excluding hydrogens is 879 g/mol. The minimum Gasteiger partial charge on any atom is -0.429 e. The largest absolute Gasteiger partial charge is 0.514 e. The van der Waals surface area contributed by atoms with Gasteiger partial charge in [-0.05, 0) is 148 Å². The van der Waals surface area contributed by atoms with Crippen molar-refractivity contribution in [1.29, 1.82) is 0 Å². The van der Waals surface area contributed by atoms with Gasteiger partial charge >= 0.3 is 6.16 Å². The van der Waals surface area contributed by atoms with Crippen molar-refractivity contribution in [2.75, 3.05) is 18.5 Å². The van der Waals surface area contributed by atoms with E-state index in [4.69, 9.17) is 14.2 Å². The van der Waals surface area contributed by atoms with E-state index in [9.17, 15) is 34.1 Å². The molecule has 69 heavy (non-hydrogen) atoms. The van der Waals surface area contributed by atoms with E-state index >= 15 is 0 Å². The Labute approximate surface area is 408 Å². The Morgan fingerprint density at radius 1 is 0.797 bits per heavy atom. The van der Waals surface area contributed by atoms with Crippen LogP contribution in [0.4, 0.5) is 16.2 Å². The molecule has 15 nitrogen and oxygen atoms in total. The maximum absolute atomic E-state index is 12.8. The lowest BCUT2D eigenvalue weighted by Gasteiger charge is -2.58. The monoisotopic (exact) mass is 956 g/mol. The molecule has 3 unspecified atom stereocenters. The predicted octanol–water partition coefficient (Wildman–Crippen LogP) is 9.97. The Morgan fingerprint density at radius 3 is 2.22 bits per heavy atom. The number of carbonyl (C=O) groups excluding carboxylic acids is 5. The molecule has 4 aliphatic carbocycles. The summed E-state index contributed by atoms with van der Waals surface area (Å²) in [6.45, 7) is 16.4. The van der Waals surface area contributed by atoms with Crippen LogP contribution >= 0.6 is 0 Å². The highest BCUT2D eigenvalue weighted by Gasteiger charge is 2.59. The summed E-state index contributed by atoms with van der Waals surface area (Å²) in [5, 5.41) is 21.6. The first-order chi connectivity index (χ1) is 32.9. The third-order valence-electron chi connectivity index (χ3n) is 16.2. The number of nitro benzene ring substituents is 1. The molecule has 0 spiro atoms. The maximum Gasteiger partial charge on any atom is 0.514 e. The Bertz CT molecular complexity index is 2140. The van der Waals surface area contributed by atoms with Crippen molar-refractivity contribution in [1.82, 2.24) is 16.0 Å². The zero-order chi connectivity index (χ0) is 49.9. The number of ether oxygens (including phenoxy) is 3. The molecule has 10 atom stereocenters. The lowest BCUT2D eigenvalue weighted by molar-refractivity contribution is -0.384. The van der Waals surface area contributed by atoms with Gasteiger partial charge in [0, 0.05) is 43.8 Å². The van der Waals surface area contributed by atoms with E-state index in [1.807, 2.05) is 0 Å². The molecule has 4 amide bonds. The molecule has 0 aliphatic heterocycles. The molecular formula is C54H77N5O10. The molecule has 6 rings (SSSR count). The molecule has 3 fully saturated rings. The number of anilines is 1. The van der Waals surface area contributed by atoms with Crippen molar-refractivity contribution < 1.29 is 43.1 Å². The second-order valence-electron chi connectivity index (χ2n) is 21.3. The van der Waals surface area contributed by atoms with Gasteiger partial charge in [-0.3, -0.25) is 29.3 Å². The van der Waals surface area contributed by atoms with Gasteiger partial charge in [-0.25, -0.2) is 4.79 Å². The van der Waals surface area contributed by atoms with Gasteiger partial charge in [0.2, 0.25) is 23.6 Å². The number of hydrogen-bond donors (Lipinski definition) is 4. The van der Waals surface area contributed by atoms with Crippen LogP contribution in [0, 0.1) is 56.5 Å². The van der Waals surface area contributed by atoms with Crippen LogP contribution in [0.2, 0.25) is 0 Å². The molecule has 3 saturated carbocycles. The lowest BCUT2D eigenvalue weighted by Crippen LogP contribution is -2.51. The highest BCUT2D eigenvalue weighted by atomic mass is 16.7. The van der Waals surface area contributed by atoms with E-state index in [1.54, 1.807) is 29.8 Å². The molecule has 0 aromatic heterocycles. The van der Waals surface area contributed by atoms with Crippen LogP contribution in [0.15, 0.2) is 60.2 Å². The van der Waals surface area contributed by atoms with Crippen molar-refractivity contribution in [2.24, 2.45) is 46.3 Å². The summed E-state index contributed by atoms with van der Waals surface area (Å²) in [5.74, 6) is 3.26. The molecule has 4 aliphatic rings. The number of hydrogen-bond acceptors (Lipinski definition) is 10. The van der Waals surface area contributed by atoms with Gasteiger partial charge in [0.05, 0.1) is 11.0 Å². The van der Waals surface area contributed by atoms with Crippen LogP contribution < -0.4 is 26.0 Å². The van der Waals surface area contributed by atoms with E-state index in [-0.39, 0.29) is 48.3 Å². The lowest BCUT2D eigenvalue weighted by atomic mass is 9.47. The van der Waals surface area contributed by atoms with Crippen LogP contribution in [-0.2, 0) is 35.3 Å². The normalized spacial score (nSPS) is 26.1. The third-order valence-corrected chi connectivity index (χ3v) is 16.2. The summed E-state index contributed by atoms with van der Waals surface area (Å²) in [4.78, 5) is 73.1. The summed E-state index contributed by atoms with van der Waals surface area (Å²) in [6, 6.07) is 9.53. The van der Waals surface area contributed by atoms with Crippen LogP contribution in [0.3, 0.4) is 0 Å². The van der Waals surface area contributed by atoms with E-state index < -0.39 is 40.9 Å². The van der Waals surface area contributed by atoms with E-state index in [0.717, 1.165) is 48.3 Å². The Balaban J connectivity index is 0.815. The molecule has 0 heterocycles. The van der Waals surface area contributed by atoms with E-state index in [1.165, 1.54) is 95.9 Å². The van der Waals surface area contributed by atoms with Gasteiger partial charge in [-0.1, -0.05) is 77.7 Å². The second-order valence-corrected chi connectivity index (χ2v) is 21.3. The van der Waals surface area contributed by atoms with Crippen LogP contribution in [0.5, 0.6) is 5.75 Å². The number of amides is 4. The zero-order valence-electron chi connectivity index (χ0n) is 41.9. The van der Waals surface area contributed by atoms with Gasteiger partial charge < -0.3 is 35.5 Å². The zero-order valence-corrected chi connectivity index (χ0v) is 41.9. The molecule has 378 valence electrons. The highest BCUT2D eigenvalue weighted by molar-refractivity contribution is 5.98. The first-order valence-electron chi connectivity index (χ1n) is 25.5. The Kier molecular flexibility index (Phi) is 18.5. The van der Waals surface area contributed by atoms with Gasteiger partial charge in [0.15, 0.2) is 0 Å². The molecule has 2 aromatic carbocycles. The predicted molar refractivity (Wildman–Crippen MR) is 264 cm³/mol. The average Bonchev–Trinajstić information content (AvgIpc) is 3.67. The smallest absolute Gasteiger partial charge is 0.429 e. The fourth-order valence-electron chi connectivity index (χ4n) is 12.3. The van der Waals surface area contributed by atoms with Gasteiger partial charge in [-0.2, -0.15) is 0 Å². The Hall–Kier alpha value is -5.31. The van der Waals surface area contributed by atoms with Crippen molar-refractivity contribution in [3.63, 3.8) is 0 Å². The summed E-state index contributed by atoms with van der Waals surface area (Å²) in [7, 11) is 0. The van der Waals surface area contributed by atoms with Crippen molar-refractivity contribution in [3.05, 3.63) is 75.9 Å². The summed E-state index contributed by atoms with van der Waals surface area (Å²) >= 11 is 0. The fraction of sp³-hybridized carbons (Fsp3) is 0.648. The van der Waals surface area contributed by atoms with Gasteiger partial charge in [0.25, 0.3) is 5.69 Å². The molecule has 2 aromatic rings. The maximum atomic E-state index is 12.8. The first kappa shape index (κ1) is 53.0. The second kappa shape index (κ2) is 24.0. The number of nitrogens with one attached hydrogen (secondary N) is 4. The first-order valence-corrected chi connectivity index (χ1v) is 25.5. The summed E-state index contributed by atoms with van der Waals surface area (Å²) < 4.78 is 16.5. The minimum atomic E-state index is -0.995. The molecule has 4 N–H and O–H groups in total. The molecule has 0 saturated heterocycles. The number of benzene rings is 2.